The zero-order valence-corrected chi connectivity index (χ0v) is 17.6. The first-order valence-corrected chi connectivity index (χ1v) is 10.5. The first-order valence-electron chi connectivity index (χ1n) is 10.5. The molecule has 1 aliphatic rings. The average Bonchev–Trinajstić information content (AvgIpc) is 3.16. The number of aromatic nitrogens is 1. The van der Waals surface area contributed by atoms with Gasteiger partial charge in [-0.3, -0.25) is 9.59 Å². The van der Waals surface area contributed by atoms with Crippen LogP contribution in [0.25, 0.3) is 10.9 Å². The molecule has 0 unspecified atom stereocenters. The fourth-order valence-corrected chi connectivity index (χ4v) is 3.89. The van der Waals surface area contributed by atoms with Crippen molar-refractivity contribution in [1.82, 2.24) is 10.3 Å². The van der Waals surface area contributed by atoms with E-state index in [0.29, 0.717) is 31.4 Å². The summed E-state index contributed by atoms with van der Waals surface area (Å²) in [6, 6.07) is 6.05. The topological polar surface area (TPSA) is 83.2 Å². The number of carbonyl (C=O) groups is 2. The molecule has 3 N–H and O–H groups in total. The molecule has 0 radical (unpaired) electrons. The Hall–Kier alpha value is -3.63. The quantitative estimate of drug-likeness (QED) is 0.366. The monoisotopic (exact) mass is 481 g/mol. The molecule has 2 amide bonds. The smallest absolute Gasteiger partial charge is 0.416 e. The second-order valence-electron chi connectivity index (χ2n) is 8.06. The molecule has 3 aromatic rings. The van der Waals surface area contributed by atoms with Gasteiger partial charge >= 0.3 is 18.0 Å². The summed E-state index contributed by atoms with van der Waals surface area (Å²) in [6.45, 7) is 0. The van der Waals surface area contributed by atoms with Crippen LogP contribution in [-0.2, 0) is 15.8 Å². The maximum atomic E-state index is 13.5. The summed E-state index contributed by atoms with van der Waals surface area (Å²) in [7, 11) is 0. The van der Waals surface area contributed by atoms with Gasteiger partial charge in [0.1, 0.15) is 5.75 Å². The summed E-state index contributed by atoms with van der Waals surface area (Å²) in [5.74, 6) is -3.61. The first kappa shape index (κ1) is 23.5. The predicted octanol–water partition coefficient (Wildman–Crippen LogP) is 4.91. The Kier molecular flexibility index (Phi) is 6.45. The van der Waals surface area contributed by atoms with Crippen LogP contribution in [-0.4, -0.2) is 28.9 Å². The lowest BCUT2D eigenvalue weighted by atomic mass is 9.93. The molecular formula is C23H20F5N3O3. The molecule has 1 aromatic heterocycles. The molecule has 4 rings (SSSR count). The number of halogens is 5. The molecular weight excluding hydrogens is 461 g/mol. The van der Waals surface area contributed by atoms with E-state index >= 15 is 0 Å². The third-order valence-electron chi connectivity index (χ3n) is 5.67. The maximum absolute atomic E-state index is 13.5. The Bertz CT molecular complexity index is 1200. The molecule has 1 fully saturated rings. The lowest BCUT2D eigenvalue weighted by molar-refractivity contribution is -0.137. The van der Waals surface area contributed by atoms with Gasteiger partial charge in [-0.25, -0.2) is 8.78 Å². The van der Waals surface area contributed by atoms with Gasteiger partial charge in [-0.1, -0.05) is 0 Å². The van der Waals surface area contributed by atoms with Crippen molar-refractivity contribution in [3.63, 3.8) is 0 Å². The average molecular weight is 481 g/mol. The molecule has 1 aliphatic carbocycles. The summed E-state index contributed by atoms with van der Waals surface area (Å²) >= 11 is 0. The van der Waals surface area contributed by atoms with E-state index in [4.69, 9.17) is 4.74 Å². The Morgan fingerprint density at radius 3 is 2.24 bits per heavy atom. The van der Waals surface area contributed by atoms with Crippen molar-refractivity contribution >= 4 is 28.4 Å². The number of hydrogen-bond acceptors (Lipinski definition) is 3. The van der Waals surface area contributed by atoms with E-state index in [9.17, 15) is 31.5 Å². The van der Waals surface area contributed by atoms with Crippen molar-refractivity contribution in [3.8, 4) is 5.75 Å². The van der Waals surface area contributed by atoms with Crippen LogP contribution in [0.3, 0.4) is 0 Å². The maximum Gasteiger partial charge on any atom is 0.416 e. The van der Waals surface area contributed by atoms with Gasteiger partial charge in [0.05, 0.1) is 22.9 Å². The molecule has 11 heteroatoms. The molecule has 2 aromatic carbocycles. The first-order chi connectivity index (χ1) is 16.1. The number of benzene rings is 2. The number of alkyl halides is 3. The fraction of sp³-hybridized carbons (Fsp3) is 0.304. The Balaban J connectivity index is 1.26. The van der Waals surface area contributed by atoms with E-state index < -0.39 is 35.2 Å². The SMILES string of the molecule is O=C(Nc1c[nH]c2cc(F)c(F)cc12)C(=O)NC1CCC(Oc2ccc(C(F)(F)F)cc2)CC1. The van der Waals surface area contributed by atoms with E-state index in [2.05, 4.69) is 15.6 Å². The zero-order valence-electron chi connectivity index (χ0n) is 17.6. The summed E-state index contributed by atoms with van der Waals surface area (Å²) in [4.78, 5) is 27.3. The van der Waals surface area contributed by atoms with E-state index in [1.807, 2.05) is 0 Å². The number of aromatic amines is 1. The molecule has 180 valence electrons. The van der Waals surface area contributed by atoms with Crippen molar-refractivity contribution in [3.05, 3.63) is 59.8 Å². The molecule has 34 heavy (non-hydrogen) atoms. The van der Waals surface area contributed by atoms with Gasteiger partial charge in [0.2, 0.25) is 0 Å². The number of anilines is 1. The molecule has 0 saturated heterocycles. The molecule has 0 spiro atoms. The highest BCUT2D eigenvalue weighted by atomic mass is 19.4. The highest BCUT2D eigenvalue weighted by Crippen LogP contribution is 2.31. The standard InChI is InChI=1S/C23H20F5N3O3/c24-17-9-16-19(10-18(17)25)29-11-20(16)31-22(33)21(32)30-13-3-7-15(8-4-13)34-14-5-1-12(2-6-14)23(26,27)28/h1-2,5-6,9-11,13,15,29H,3-4,7-8H2,(H,30,32)(H,31,33). The van der Waals surface area contributed by atoms with Gasteiger partial charge in [0.25, 0.3) is 0 Å². The minimum atomic E-state index is -4.41. The number of ether oxygens (including phenoxy) is 1. The largest absolute Gasteiger partial charge is 0.490 e. The summed E-state index contributed by atoms with van der Waals surface area (Å²) in [6.07, 6.45) is -1.19. The summed E-state index contributed by atoms with van der Waals surface area (Å²) in [5.41, 5.74) is -0.349. The Morgan fingerprint density at radius 2 is 1.59 bits per heavy atom. The third-order valence-corrected chi connectivity index (χ3v) is 5.67. The van der Waals surface area contributed by atoms with Crippen molar-refractivity contribution in [2.45, 2.75) is 44.0 Å². The summed E-state index contributed by atoms with van der Waals surface area (Å²) in [5, 5.41) is 5.24. The van der Waals surface area contributed by atoms with E-state index in [1.165, 1.54) is 18.3 Å². The second-order valence-corrected chi connectivity index (χ2v) is 8.06. The molecule has 0 bridgehead atoms. The Labute approximate surface area is 190 Å². The van der Waals surface area contributed by atoms with Gasteiger partial charge in [-0.2, -0.15) is 13.2 Å². The van der Waals surface area contributed by atoms with Crippen molar-refractivity contribution in [2.75, 3.05) is 5.32 Å². The van der Waals surface area contributed by atoms with Crippen molar-refractivity contribution < 1.29 is 36.3 Å². The van der Waals surface area contributed by atoms with Crippen LogP contribution in [0.1, 0.15) is 31.2 Å². The zero-order chi connectivity index (χ0) is 24.5. The number of carbonyl (C=O) groups excluding carboxylic acids is 2. The van der Waals surface area contributed by atoms with E-state index in [0.717, 1.165) is 24.3 Å². The molecule has 0 aliphatic heterocycles. The van der Waals surface area contributed by atoms with Crippen LogP contribution in [0.2, 0.25) is 0 Å². The van der Waals surface area contributed by atoms with Crippen LogP contribution in [0, 0.1) is 11.6 Å². The minimum absolute atomic E-state index is 0.141. The number of fused-ring (bicyclic) bond motifs is 1. The number of amides is 2. The highest BCUT2D eigenvalue weighted by Gasteiger charge is 2.30. The minimum Gasteiger partial charge on any atom is -0.490 e. The van der Waals surface area contributed by atoms with Crippen LogP contribution >= 0.6 is 0 Å². The number of H-pyrrole nitrogens is 1. The molecule has 0 atom stereocenters. The molecule has 6 nitrogen and oxygen atoms in total. The number of hydrogen-bond donors (Lipinski definition) is 3. The number of nitrogens with one attached hydrogen (secondary N) is 3. The van der Waals surface area contributed by atoms with Crippen molar-refractivity contribution in [1.29, 1.82) is 0 Å². The second kappa shape index (κ2) is 9.32. The Morgan fingerprint density at radius 1 is 0.941 bits per heavy atom. The van der Waals surface area contributed by atoms with Gasteiger partial charge < -0.3 is 20.4 Å². The van der Waals surface area contributed by atoms with Gasteiger partial charge in [0.15, 0.2) is 11.6 Å². The van der Waals surface area contributed by atoms with Crippen LogP contribution in [0.15, 0.2) is 42.6 Å². The van der Waals surface area contributed by atoms with Crippen LogP contribution in [0.4, 0.5) is 27.6 Å². The molecule has 1 heterocycles. The van der Waals surface area contributed by atoms with Crippen molar-refractivity contribution in [2.24, 2.45) is 0 Å². The van der Waals surface area contributed by atoms with Gasteiger partial charge in [-0.15, -0.1) is 0 Å². The number of rotatable bonds is 4. The van der Waals surface area contributed by atoms with E-state index in [1.54, 1.807) is 0 Å². The third kappa shape index (κ3) is 5.29. The summed E-state index contributed by atoms with van der Waals surface area (Å²) < 4.78 is 70.5. The van der Waals surface area contributed by atoms with Gasteiger partial charge in [-0.05, 0) is 56.0 Å². The highest BCUT2D eigenvalue weighted by molar-refractivity contribution is 6.40. The van der Waals surface area contributed by atoms with E-state index in [-0.39, 0.29) is 28.7 Å². The van der Waals surface area contributed by atoms with Gasteiger partial charge in [0, 0.05) is 23.7 Å². The molecule has 1 saturated carbocycles. The van der Waals surface area contributed by atoms with Crippen LogP contribution in [0.5, 0.6) is 5.75 Å². The predicted molar refractivity (Wildman–Crippen MR) is 113 cm³/mol. The lowest BCUT2D eigenvalue weighted by Crippen LogP contribution is -2.44. The normalized spacial score (nSPS) is 18.5. The van der Waals surface area contributed by atoms with Crippen LogP contribution < -0.4 is 15.4 Å². The fourth-order valence-electron chi connectivity index (χ4n) is 3.89. The lowest BCUT2D eigenvalue weighted by Gasteiger charge is -2.29.